The Kier molecular flexibility index (Phi) is 4.86. The topological polar surface area (TPSA) is 31.1 Å². The number of nitrogens with zero attached hydrogens (tertiary/aromatic N) is 1. The number of H-pyrrole nitrogens is 1. The van der Waals surface area contributed by atoms with Crippen molar-refractivity contribution < 1.29 is 13.2 Å². The molecule has 0 radical (unpaired) electrons. The number of hydrogen-bond acceptors (Lipinski definition) is 2. The van der Waals surface area contributed by atoms with Gasteiger partial charge in [0.15, 0.2) is 0 Å². The van der Waals surface area contributed by atoms with Crippen LogP contribution in [-0.4, -0.2) is 41.2 Å². The molecule has 1 aromatic heterocycles. The molecule has 1 aromatic carbocycles. The van der Waals surface area contributed by atoms with Gasteiger partial charge in [0.05, 0.1) is 5.92 Å². The van der Waals surface area contributed by atoms with Crippen molar-refractivity contribution in [2.75, 3.05) is 18.4 Å². The van der Waals surface area contributed by atoms with E-state index in [0.717, 1.165) is 36.9 Å². The number of likely N-dealkylation sites (tertiary alicyclic amines) is 1. The number of rotatable bonds is 3. The fourth-order valence-corrected chi connectivity index (χ4v) is 4.61. The molecule has 26 heavy (non-hydrogen) atoms. The average molecular weight is 365 g/mol. The minimum atomic E-state index is -4.02. The van der Waals surface area contributed by atoms with E-state index in [9.17, 15) is 13.2 Å². The first-order valence-corrected chi connectivity index (χ1v) is 9.64. The lowest BCUT2D eigenvalue weighted by molar-refractivity contribution is -0.186. The van der Waals surface area contributed by atoms with Crippen molar-refractivity contribution >= 4 is 16.6 Å². The van der Waals surface area contributed by atoms with Crippen LogP contribution in [0.5, 0.6) is 0 Å². The zero-order chi connectivity index (χ0) is 18.1. The lowest BCUT2D eigenvalue weighted by Crippen LogP contribution is -2.46. The molecule has 1 aliphatic heterocycles. The molecular weight excluding hydrogens is 339 g/mol. The molecule has 1 aliphatic carbocycles. The van der Waals surface area contributed by atoms with Gasteiger partial charge in [-0.2, -0.15) is 13.2 Å². The molecule has 1 saturated carbocycles. The molecule has 6 heteroatoms. The lowest BCUT2D eigenvalue weighted by Gasteiger charge is -2.41. The number of alkyl halides is 3. The van der Waals surface area contributed by atoms with E-state index in [0.29, 0.717) is 25.2 Å². The minimum absolute atomic E-state index is 0.261. The molecule has 0 bridgehead atoms. The second-order valence-corrected chi connectivity index (χ2v) is 7.75. The van der Waals surface area contributed by atoms with E-state index in [1.54, 1.807) is 0 Å². The van der Waals surface area contributed by atoms with Gasteiger partial charge in [0, 0.05) is 34.9 Å². The third kappa shape index (κ3) is 3.70. The number of hydrogen-bond donors (Lipinski definition) is 2. The van der Waals surface area contributed by atoms with E-state index < -0.39 is 12.1 Å². The standard InChI is InChI=1S/C20H26F3N3/c21-20(22,23)14-9-12-26(13-10-14)16-6-4-15(5-7-16)25-19-3-1-2-18-17(19)8-11-24-18/h1-3,8,11,14-16,24-25H,4-7,9-10,12-13H2. The van der Waals surface area contributed by atoms with E-state index in [2.05, 4.69) is 39.5 Å². The maximum absolute atomic E-state index is 12.8. The van der Waals surface area contributed by atoms with E-state index in [4.69, 9.17) is 0 Å². The van der Waals surface area contributed by atoms with Crippen molar-refractivity contribution in [3.05, 3.63) is 30.5 Å². The van der Waals surface area contributed by atoms with Crippen LogP contribution < -0.4 is 5.32 Å². The van der Waals surface area contributed by atoms with Crippen molar-refractivity contribution in [2.24, 2.45) is 5.92 Å². The Labute approximate surface area is 151 Å². The summed E-state index contributed by atoms with van der Waals surface area (Å²) in [5.41, 5.74) is 2.30. The average Bonchev–Trinajstić information content (AvgIpc) is 3.12. The second-order valence-electron chi connectivity index (χ2n) is 7.75. The Morgan fingerprint density at radius 2 is 1.69 bits per heavy atom. The fourth-order valence-electron chi connectivity index (χ4n) is 4.61. The zero-order valence-corrected chi connectivity index (χ0v) is 14.9. The molecule has 0 amide bonds. The first kappa shape index (κ1) is 17.7. The smallest absolute Gasteiger partial charge is 0.382 e. The van der Waals surface area contributed by atoms with Gasteiger partial charge >= 0.3 is 6.18 Å². The van der Waals surface area contributed by atoms with Crippen LogP contribution in [0.1, 0.15) is 38.5 Å². The Morgan fingerprint density at radius 1 is 0.962 bits per heavy atom. The Bertz CT molecular complexity index is 723. The number of halogens is 3. The second kappa shape index (κ2) is 7.14. The van der Waals surface area contributed by atoms with Gasteiger partial charge in [-0.15, -0.1) is 0 Å². The van der Waals surface area contributed by atoms with Crippen LogP contribution in [0.25, 0.3) is 10.9 Å². The van der Waals surface area contributed by atoms with Gasteiger partial charge in [0.25, 0.3) is 0 Å². The van der Waals surface area contributed by atoms with Crippen LogP contribution >= 0.6 is 0 Å². The summed E-state index contributed by atoms with van der Waals surface area (Å²) in [4.78, 5) is 5.53. The maximum Gasteiger partial charge on any atom is 0.391 e. The predicted molar refractivity (Wildman–Crippen MR) is 98.3 cm³/mol. The van der Waals surface area contributed by atoms with Crippen LogP contribution in [0.15, 0.2) is 30.5 Å². The molecule has 142 valence electrons. The molecule has 2 fully saturated rings. The van der Waals surface area contributed by atoms with E-state index >= 15 is 0 Å². The van der Waals surface area contributed by atoms with Gasteiger partial charge in [0.1, 0.15) is 0 Å². The lowest BCUT2D eigenvalue weighted by atomic mass is 9.87. The molecule has 2 heterocycles. The van der Waals surface area contributed by atoms with Crippen molar-refractivity contribution in [1.29, 1.82) is 0 Å². The largest absolute Gasteiger partial charge is 0.391 e. The molecule has 0 atom stereocenters. The number of piperidine rings is 1. The van der Waals surface area contributed by atoms with Crippen LogP contribution in [0.3, 0.4) is 0 Å². The van der Waals surface area contributed by atoms with Gasteiger partial charge in [0.2, 0.25) is 0 Å². The van der Waals surface area contributed by atoms with E-state index in [1.807, 2.05) is 6.20 Å². The molecule has 3 nitrogen and oxygen atoms in total. The van der Waals surface area contributed by atoms with E-state index in [-0.39, 0.29) is 12.8 Å². The minimum Gasteiger partial charge on any atom is -0.382 e. The molecule has 0 unspecified atom stereocenters. The molecule has 4 rings (SSSR count). The fraction of sp³-hybridized carbons (Fsp3) is 0.600. The number of nitrogens with one attached hydrogen (secondary N) is 2. The highest BCUT2D eigenvalue weighted by Crippen LogP contribution is 2.36. The van der Waals surface area contributed by atoms with Crippen molar-refractivity contribution in [3.63, 3.8) is 0 Å². The van der Waals surface area contributed by atoms with Crippen LogP contribution in [-0.2, 0) is 0 Å². The SMILES string of the molecule is FC(F)(F)C1CCN(C2CCC(Nc3cccc4[nH]ccc34)CC2)CC1. The van der Waals surface area contributed by atoms with Gasteiger partial charge in [-0.3, -0.25) is 0 Å². The van der Waals surface area contributed by atoms with Crippen LogP contribution in [0.4, 0.5) is 18.9 Å². The summed E-state index contributed by atoms with van der Waals surface area (Å²) in [5, 5.41) is 4.89. The van der Waals surface area contributed by atoms with Gasteiger partial charge in [-0.1, -0.05) is 6.07 Å². The zero-order valence-electron chi connectivity index (χ0n) is 14.9. The number of anilines is 1. The highest BCUT2D eigenvalue weighted by atomic mass is 19.4. The third-order valence-corrected chi connectivity index (χ3v) is 6.16. The summed E-state index contributed by atoms with van der Waals surface area (Å²) < 4.78 is 38.5. The Hall–Kier alpha value is -1.69. The number of fused-ring (bicyclic) bond motifs is 1. The van der Waals surface area contributed by atoms with Gasteiger partial charge in [-0.05, 0) is 69.8 Å². The number of aromatic amines is 1. The monoisotopic (exact) mass is 365 g/mol. The van der Waals surface area contributed by atoms with Crippen LogP contribution in [0.2, 0.25) is 0 Å². The number of benzene rings is 1. The summed E-state index contributed by atoms with van der Waals surface area (Å²) in [5.74, 6) is -1.10. The van der Waals surface area contributed by atoms with Gasteiger partial charge < -0.3 is 15.2 Å². The number of aromatic nitrogens is 1. The highest BCUT2D eigenvalue weighted by Gasteiger charge is 2.42. The summed E-state index contributed by atoms with van der Waals surface area (Å²) >= 11 is 0. The van der Waals surface area contributed by atoms with Crippen molar-refractivity contribution in [2.45, 2.75) is 56.8 Å². The summed E-state index contributed by atoms with van der Waals surface area (Å²) in [7, 11) is 0. The summed E-state index contributed by atoms with van der Waals surface area (Å²) in [6, 6.07) is 9.22. The maximum atomic E-state index is 12.8. The summed E-state index contributed by atoms with van der Waals surface area (Å²) in [6.45, 7) is 1.19. The third-order valence-electron chi connectivity index (χ3n) is 6.16. The van der Waals surface area contributed by atoms with Crippen molar-refractivity contribution in [3.8, 4) is 0 Å². The molecule has 1 saturated heterocycles. The normalized spacial score (nSPS) is 26.3. The van der Waals surface area contributed by atoms with Gasteiger partial charge in [-0.25, -0.2) is 0 Å². The van der Waals surface area contributed by atoms with Crippen molar-refractivity contribution in [1.82, 2.24) is 9.88 Å². The van der Waals surface area contributed by atoms with E-state index in [1.165, 1.54) is 5.39 Å². The molecule has 2 N–H and O–H groups in total. The molecule has 2 aromatic rings. The molecule has 0 spiro atoms. The Balaban J connectivity index is 1.29. The molecule has 2 aliphatic rings. The first-order valence-electron chi connectivity index (χ1n) is 9.64. The summed E-state index contributed by atoms with van der Waals surface area (Å²) in [6.07, 6.45) is 2.74. The predicted octanol–water partition coefficient (Wildman–Crippen LogP) is 5.17. The Morgan fingerprint density at radius 3 is 2.38 bits per heavy atom. The highest BCUT2D eigenvalue weighted by molar-refractivity contribution is 5.91. The molecular formula is C20H26F3N3. The van der Waals surface area contributed by atoms with Crippen LogP contribution in [0, 0.1) is 5.92 Å². The first-order chi connectivity index (χ1) is 12.5. The quantitative estimate of drug-likeness (QED) is 0.787.